The SMILES string of the molecule is CC1(C)CC(NC(=O)c2ccc(OCc3ccccc3Cl)cc2)CC(C)(C)N1. The third kappa shape index (κ3) is 5.49. The maximum Gasteiger partial charge on any atom is 0.251 e. The van der Waals surface area contributed by atoms with E-state index in [-0.39, 0.29) is 23.0 Å². The summed E-state index contributed by atoms with van der Waals surface area (Å²) in [5.74, 6) is 0.664. The molecule has 0 unspecified atom stereocenters. The summed E-state index contributed by atoms with van der Waals surface area (Å²) in [6.45, 7) is 9.11. The highest BCUT2D eigenvalue weighted by Crippen LogP contribution is 2.28. The lowest BCUT2D eigenvalue weighted by Crippen LogP contribution is -2.62. The van der Waals surface area contributed by atoms with Gasteiger partial charge in [0.1, 0.15) is 12.4 Å². The van der Waals surface area contributed by atoms with E-state index in [0.717, 1.165) is 18.4 Å². The monoisotopic (exact) mass is 400 g/mol. The predicted molar refractivity (Wildman–Crippen MR) is 114 cm³/mol. The third-order valence-corrected chi connectivity index (χ3v) is 5.36. The molecule has 2 N–H and O–H groups in total. The van der Waals surface area contributed by atoms with E-state index in [0.29, 0.717) is 22.9 Å². The summed E-state index contributed by atoms with van der Waals surface area (Å²) >= 11 is 6.15. The van der Waals surface area contributed by atoms with Gasteiger partial charge in [-0.15, -0.1) is 0 Å². The lowest BCUT2D eigenvalue weighted by Gasteiger charge is -2.46. The Hall–Kier alpha value is -2.04. The van der Waals surface area contributed by atoms with Crippen LogP contribution < -0.4 is 15.4 Å². The van der Waals surface area contributed by atoms with Gasteiger partial charge in [-0.3, -0.25) is 4.79 Å². The fourth-order valence-corrected chi connectivity index (χ4v) is 4.36. The second-order valence-corrected chi connectivity index (χ2v) is 9.28. The van der Waals surface area contributed by atoms with Gasteiger partial charge in [0, 0.05) is 33.3 Å². The van der Waals surface area contributed by atoms with E-state index >= 15 is 0 Å². The van der Waals surface area contributed by atoms with Crippen molar-refractivity contribution in [1.82, 2.24) is 10.6 Å². The number of carbonyl (C=O) groups is 1. The number of amides is 1. The fraction of sp³-hybridized carbons (Fsp3) is 0.435. The molecule has 1 heterocycles. The van der Waals surface area contributed by atoms with Gasteiger partial charge in [-0.2, -0.15) is 0 Å². The predicted octanol–water partition coefficient (Wildman–Crippen LogP) is 4.96. The Labute approximate surface area is 172 Å². The number of hydrogen-bond donors (Lipinski definition) is 2. The molecule has 1 fully saturated rings. The van der Waals surface area contributed by atoms with Crippen LogP contribution in [0.4, 0.5) is 0 Å². The molecule has 0 bridgehead atoms. The van der Waals surface area contributed by atoms with Gasteiger partial charge < -0.3 is 15.4 Å². The van der Waals surface area contributed by atoms with Crippen LogP contribution in [-0.2, 0) is 6.61 Å². The van der Waals surface area contributed by atoms with Crippen molar-refractivity contribution in [3.8, 4) is 5.75 Å². The van der Waals surface area contributed by atoms with Crippen LogP contribution in [0.5, 0.6) is 5.75 Å². The van der Waals surface area contributed by atoms with Crippen LogP contribution in [0.1, 0.15) is 56.5 Å². The van der Waals surface area contributed by atoms with Crippen LogP contribution in [-0.4, -0.2) is 23.0 Å². The number of benzene rings is 2. The first-order chi connectivity index (χ1) is 13.1. The van der Waals surface area contributed by atoms with Gasteiger partial charge in [0.25, 0.3) is 5.91 Å². The zero-order chi connectivity index (χ0) is 20.4. The van der Waals surface area contributed by atoms with Crippen LogP contribution in [0.25, 0.3) is 0 Å². The highest BCUT2D eigenvalue weighted by Gasteiger charge is 2.38. The first-order valence-electron chi connectivity index (χ1n) is 9.70. The van der Waals surface area contributed by atoms with Gasteiger partial charge in [-0.05, 0) is 70.9 Å². The average molecular weight is 401 g/mol. The lowest BCUT2D eigenvalue weighted by atomic mass is 9.79. The van der Waals surface area contributed by atoms with Gasteiger partial charge in [-0.1, -0.05) is 29.8 Å². The van der Waals surface area contributed by atoms with E-state index in [1.165, 1.54) is 0 Å². The topological polar surface area (TPSA) is 50.4 Å². The summed E-state index contributed by atoms with van der Waals surface area (Å²) in [6, 6.07) is 15.0. The van der Waals surface area contributed by atoms with E-state index < -0.39 is 0 Å². The van der Waals surface area contributed by atoms with Crippen molar-refractivity contribution >= 4 is 17.5 Å². The van der Waals surface area contributed by atoms with Crippen LogP contribution in [0.2, 0.25) is 5.02 Å². The Kier molecular flexibility index (Phi) is 6.01. The fourth-order valence-electron chi connectivity index (χ4n) is 4.17. The molecule has 1 saturated heterocycles. The number of ether oxygens (including phenoxy) is 1. The van der Waals surface area contributed by atoms with E-state index in [4.69, 9.17) is 16.3 Å². The Morgan fingerprint density at radius 2 is 1.68 bits per heavy atom. The summed E-state index contributed by atoms with van der Waals surface area (Å²) < 4.78 is 5.79. The van der Waals surface area contributed by atoms with Crippen molar-refractivity contribution in [1.29, 1.82) is 0 Å². The van der Waals surface area contributed by atoms with Crippen LogP contribution in [0, 0.1) is 0 Å². The summed E-state index contributed by atoms with van der Waals surface area (Å²) in [4.78, 5) is 12.7. The number of carbonyl (C=O) groups excluding carboxylic acids is 1. The van der Waals surface area contributed by atoms with Crippen molar-refractivity contribution in [2.75, 3.05) is 0 Å². The van der Waals surface area contributed by atoms with E-state index in [1.54, 1.807) is 12.1 Å². The molecule has 1 amide bonds. The molecule has 2 aromatic rings. The molecule has 0 aliphatic carbocycles. The normalized spacial score (nSPS) is 18.5. The van der Waals surface area contributed by atoms with Crippen LogP contribution in [0.3, 0.4) is 0 Å². The zero-order valence-corrected chi connectivity index (χ0v) is 17.8. The Bertz CT molecular complexity index is 815. The van der Waals surface area contributed by atoms with Gasteiger partial charge in [-0.25, -0.2) is 0 Å². The highest BCUT2D eigenvalue weighted by atomic mass is 35.5. The number of rotatable bonds is 5. The van der Waals surface area contributed by atoms with Crippen LogP contribution in [0.15, 0.2) is 48.5 Å². The maximum absolute atomic E-state index is 12.7. The maximum atomic E-state index is 12.7. The zero-order valence-electron chi connectivity index (χ0n) is 17.0. The molecule has 1 aliphatic rings. The molecule has 5 heteroatoms. The summed E-state index contributed by atoms with van der Waals surface area (Å²) in [5, 5.41) is 7.52. The van der Waals surface area contributed by atoms with Crippen LogP contribution >= 0.6 is 11.6 Å². The first-order valence-corrected chi connectivity index (χ1v) is 10.1. The summed E-state index contributed by atoms with van der Waals surface area (Å²) in [7, 11) is 0. The molecule has 0 radical (unpaired) electrons. The molecule has 3 rings (SSSR count). The summed E-state index contributed by atoms with van der Waals surface area (Å²) in [5.41, 5.74) is 1.56. The number of nitrogens with one attached hydrogen (secondary N) is 2. The molecule has 4 nitrogen and oxygen atoms in total. The molecule has 0 aromatic heterocycles. The largest absolute Gasteiger partial charge is 0.489 e. The molecule has 1 aliphatic heterocycles. The second kappa shape index (κ2) is 8.14. The Balaban J connectivity index is 1.58. The lowest BCUT2D eigenvalue weighted by molar-refractivity contribution is 0.0873. The Morgan fingerprint density at radius 1 is 1.07 bits per heavy atom. The molecule has 0 atom stereocenters. The molecule has 28 heavy (non-hydrogen) atoms. The number of hydrogen-bond acceptors (Lipinski definition) is 3. The van der Waals surface area contributed by atoms with Crippen molar-refractivity contribution in [2.24, 2.45) is 0 Å². The molecule has 150 valence electrons. The van der Waals surface area contributed by atoms with Crippen molar-refractivity contribution in [3.05, 3.63) is 64.7 Å². The summed E-state index contributed by atoms with van der Waals surface area (Å²) in [6.07, 6.45) is 1.81. The minimum Gasteiger partial charge on any atom is -0.489 e. The minimum atomic E-state index is -0.0452. The number of halogens is 1. The first kappa shape index (κ1) is 20.7. The van der Waals surface area contributed by atoms with Gasteiger partial charge in [0.2, 0.25) is 0 Å². The molecule has 0 spiro atoms. The van der Waals surface area contributed by atoms with Gasteiger partial charge in [0.05, 0.1) is 0 Å². The highest BCUT2D eigenvalue weighted by molar-refractivity contribution is 6.31. The van der Waals surface area contributed by atoms with Crippen molar-refractivity contribution in [3.63, 3.8) is 0 Å². The van der Waals surface area contributed by atoms with Crippen molar-refractivity contribution < 1.29 is 9.53 Å². The minimum absolute atomic E-state index is 0.00386. The van der Waals surface area contributed by atoms with Crippen molar-refractivity contribution in [2.45, 2.75) is 64.3 Å². The molecule has 0 saturated carbocycles. The second-order valence-electron chi connectivity index (χ2n) is 8.88. The molecule has 2 aromatic carbocycles. The number of piperidine rings is 1. The smallest absolute Gasteiger partial charge is 0.251 e. The van der Waals surface area contributed by atoms with Gasteiger partial charge in [0.15, 0.2) is 0 Å². The van der Waals surface area contributed by atoms with E-state index in [9.17, 15) is 4.79 Å². The Morgan fingerprint density at radius 3 is 2.29 bits per heavy atom. The average Bonchev–Trinajstić information content (AvgIpc) is 2.58. The van der Waals surface area contributed by atoms with E-state index in [1.807, 2.05) is 36.4 Å². The third-order valence-electron chi connectivity index (χ3n) is 4.99. The molecular formula is C23H29ClN2O2. The van der Waals surface area contributed by atoms with Gasteiger partial charge >= 0.3 is 0 Å². The molecular weight excluding hydrogens is 372 g/mol. The standard InChI is InChI=1S/C23H29ClN2O2/c1-22(2)13-18(14-23(3,4)26-22)25-21(27)16-9-11-19(12-10-16)28-15-17-7-5-6-8-20(17)24/h5-12,18,26H,13-15H2,1-4H3,(H,25,27). The van der Waals surface area contributed by atoms with E-state index in [2.05, 4.69) is 38.3 Å². The quantitative estimate of drug-likeness (QED) is 0.745.